The van der Waals surface area contributed by atoms with Crippen LogP contribution in [0.5, 0.6) is 5.88 Å². The molecule has 0 aliphatic carbocycles. The van der Waals surface area contributed by atoms with Crippen LogP contribution in [-0.2, 0) is 11.2 Å². The molecule has 0 bridgehead atoms. The van der Waals surface area contributed by atoms with Crippen molar-refractivity contribution in [1.82, 2.24) is 19.5 Å². The number of imidazole rings is 1. The molecule has 27 heavy (non-hydrogen) atoms. The van der Waals surface area contributed by atoms with Gasteiger partial charge in [-0.2, -0.15) is 4.98 Å². The lowest BCUT2D eigenvalue weighted by Gasteiger charge is -2.16. The normalized spacial score (nSPS) is 25.2. The summed E-state index contributed by atoms with van der Waals surface area (Å²) in [7, 11) is 0. The minimum atomic E-state index is -1.07. The van der Waals surface area contributed by atoms with Crippen LogP contribution >= 0.6 is 11.6 Å². The molecule has 0 radical (unpaired) electrons. The number of benzene rings is 1. The van der Waals surface area contributed by atoms with Gasteiger partial charge in [-0.1, -0.05) is 23.7 Å². The van der Waals surface area contributed by atoms with Crippen LogP contribution in [0.2, 0.25) is 5.02 Å². The highest BCUT2D eigenvalue weighted by Gasteiger charge is 2.42. The predicted molar refractivity (Wildman–Crippen MR) is 97.6 cm³/mol. The molecule has 0 unspecified atom stereocenters. The van der Waals surface area contributed by atoms with Crippen LogP contribution in [0.15, 0.2) is 36.9 Å². The molecule has 4 rings (SSSR count). The Morgan fingerprint density at radius 3 is 2.63 bits per heavy atom. The van der Waals surface area contributed by atoms with E-state index in [2.05, 4.69) is 15.0 Å². The highest BCUT2D eigenvalue weighted by molar-refractivity contribution is 6.30. The molecular formula is C18H19ClN4O4. The quantitative estimate of drug-likeness (QED) is 0.684. The van der Waals surface area contributed by atoms with Gasteiger partial charge in [-0.15, -0.1) is 0 Å². The van der Waals surface area contributed by atoms with Gasteiger partial charge in [-0.05, 0) is 24.6 Å². The molecular weight excluding hydrogens is 372 g/mol. The molecule has 0 saturated carbocycles. The molecule has 9 heteroatoms. The Balaban J connectivity index is 1.51. The average Bonchev–Trinajstić information content (AvgIpc) is 3.20. The summed E-state index contributed by atoms with van der Waals surface area (Å²) in [6, 6.07) is 7.57. The second-order valence-electron chi connectivity index (χ2n) is 6.44. The van der Waals surface area contributed by atoms with Crippen LogP contribution in [-0.4, -0.2) is 54.7 Å². The van der Waals surface area contributed by atoms with E-state index in [-0.39, 0.29) is 0 Å². The first-order valence-corrected chi connectivity index (χ1v) is 8.99. The smallest absolute Gasteiger partial charge is 0.245 e. The fraction of sp³-hybridized carbons (Fsp3) is 0.389. The Bertz CT molecular complexity index is 933. The average molecular weight is 391 g/mol. The van der Waals surface area contributed by atoms with Crippen LogP contribution in [0.25, 0.3) is 11.2 Å². The summed E-state index contributed by atoms with van der Waals surface area (Å²) in [5.41, 5.74) is 2.04. The molecule has 1 fully saturated rings. The number of aromatic nitrogens is 4. The molecule has 1 saturated heterocycles. The van der Waals surface area contributed by atoms with Crippen molar-refractivity contribution in [2.24, 2.45) is 0 Å². The molecule has 1 aliphatic rings. The maximum Gasteiger partial charge on any atom is 0.245 e. The van der Waals surface area contributed by atoms with Crippen molar-refractivity contribution in [1.29, 1.82) is 0 Å². The van der Waals surface area contributed by atoms with Crippen LogP contribution in [0.3, 0.4) is 0 Å². The molecule has 2 N–H and O–H groups in total. The standard InChI is InChI=1S/C18H19ClN4O4/c1-10-14(24)15(25)18(27-10)23-9-22-13-16(23)20-8-21-17(13)26-7-6-11-2-4-12(19)5-3-11/h2-5,8-10,14-15,18,24-25H,6-7H2,1H3/t10-,14-,15-,18-/m1/s1. The van der Waals surface area contributed by atoms with Crippen molar-refractivity contribution < 1.29 is 19.7 Å². The number of aliphatic hydroxyl groups is 2. The molecule has 8 nitrogen and oxygen atoms in total. The van der Waals surface area contributed by atoms with Gasteiger partial charge < -0.3 is 19.7 Å². The lowest BCUT2D eigenvalue weighted by atomic mass is 10.1. The summed E-state index contributed by atoms with van der Waals surface area (Å²) >= 11 is 5.89. The molecule has 0 amide bonds. The number of fused-ring (bicyclic) bond motifs is 1. The molecule has 3 heterocycles. The van der Waals surface area contributed by atoms with E-state index in [1.807, 2.05) is 24.3 Å². The van der Waals surface area contributed by atoms with Gasteiger partial charge in [-0.3, -0.25) is 4.57 Å². The SMILES string of the molecule is C[C@H]1O[C@@H](n2cnc3c(OCCc4ccc(Cl)cc4)ncnc32)[C@H](O)[C@@H]1O. The van der Waals surface area contributed by atoms with E-state index in [4.69, 9.17) is 21.1 Å². The molecule has 142 valence electrons. The predicted octanol–water partition coefficient (Wildman–Crippen LogP) is 1.74. The van der Waals surface area contributed by atoms with E-state index in [9.17, 15) is 10.2 Å². The first-order chi connectivity index (χ1) is 13.0. The van der Waals surface area contributed by atoms with Crippen LogP contribution in [0.1, 0.15) is 18.7 Å². The summed E-state index contributed by atoms with van der Waals surface area (Å²) in [5, 5.41) is 20.8. The Morgan fingerprint density at radius 1 is 1.15 bits per heavy atom. The van der Waals surface area contributed by atoms with Crippen LogP contribution < -0.4 is 4.74 Å². The third-order valence-corrected chi connectivity index (χ3v) is 4.87. The van der Waals surface area contributed by atoms with Crippen molar-refractivity contribution in [3.8, 4) is 5.88 Å². The second-order valence-corrected chi connectivity index (χ2v) is 6.88. The first-order valence-electron chi connectivity index (χ1n) is 8.61. The number of ether oxygens (including phenoxy) is 2. The maximum atomic E-state index is 10.2. The zero-order valence-electron chi connectivity index (χ0n) is 14.6. The van der Waals surface area contributed by atoms with Gasteiger partial charge >= 0.3 is 0 Å². The Hall–Kier alpha value is -2.26. The number of nitrogens with zero attached hydrogens (tertiary/aromatic N) is 4. The molecule has 4 atom stereocenters. The molecule has 2 aromatic heterocycles. The fourth-order valence-corrected chi connectivity index (χ4v) is 3.22. The summed E-state index contributed by atoms with van der Waals surface area (Å²) in [5.74, 6) is 0.355. The van der Waals surface area contributed by atoms with Crippen LogP contribution in [0.4, 0.5) is 0 Å². The molecule has 1 aromatic carbocycles. The Labute approximate surface area is 160 Å². The van der Waals surface area contributed by atoms with E-state index >= 15 is 0 Å². The number of aliphatic hydroxyl groups excluding tert-OH is 2. The van der Waals surface area contributed by atoms with E-state index in [1.165, 1.54) is 12.7 Å². The summed E-state index contributed by atoms with van der Waals surface area (Å²) < 4.78 is 13.0. The van der Waals surface area contributed by atoms with Gasteiger partial charge in [0.15, 0.2) is 17.4 Å². The van der Waals surface area contributed by atoms with E-state index in [1.54, 1.807) is 11.5 Å². The Morgan fingerprint density at radius 2 is 1.93 bits per heavy atom. The second kappa shape index (κ2) is 7.40. The van der Waals surface area contributed by atoms with Gasteiger partial charge in [0.25, 0.3) is 0 Å². The van der Waals surface area contributed by atoms with Gasteiger partial charge in [0, 0.05) is 11.4 Å². The van der Waals surface area contributed by atoms with Crippen molar-refractivity contribution in [2.75, 3.05) is 6.61 Å². The number of hydrogen-bond donors (Lipinski definition) is 2. The number of rotatable bonds is 5. The molecule has 0 spiro atoms. The van der Waals surface area contributed by atoms with Crippen molar-refractivity contribution >= 4 is 22.8 Å². The molecule has 3 aromatic rings. The minimum Gasteiger partial charge on any atom is -0.476 e. The largest absolute Gasteiger partial charge is 0.476 e. The molecule has 1 aliphatic heterocycles. The summed E-state index contributed by atoms with van der Waals surface area (Å²) in [6.45, 7) is 2.12. The zero-order chi connectivity index (χ0) is 19.0. The van der Waals surface area contributed by atoms with Gasteiger partial charge in [0.1, 0.15) is 18.5 Å². The minimum absolute atomic E-state index is 0.355. The van der Waals surface area contributed by atoms with Crippen LogP contribution in [0, 0.1) is 0 Å². The third-order valence-electron chi connectivity index (χ3n) is 4.62. The number of halogens is 1. The van der Waals surface area contributed by atoms with Gasteiger partial charge in [-0.25, -0.2) is 9.97 Å². The van der Waals surface area contributed by atoms with Gasteiger partial charge in [0.05, 0.1) is 19.0 Å². The fourth-order valence-electron chi connectivity index (χ4n) is 3.10. The van der Waals surface area contributed by atoms with Gasteiger partial charge in [0.2, 0.25) is 5.88 Å². The van der Waals surface area contributed by atoms with E-state index in [0.717, 1.165) is 5.56 Å². The monoisotopic (exact) mass is 390 g/mol. The van der Waals surface area contributed by atoms with E-state index in [0.29, 0.717) is 35.1 Å². The lowest BCUT2D eigenvalue weighted by molar-refractivity contribution is -0.0299. The highest BCUT2D eigenvalue weighted by Crippen LogP contribution is 2.32. The maximum absolute atomic E-state index is 10.2. The third kappa shape index (κ3) is 3.49. The summed E-state index contributed by atoms with van der Waals surface area (Å²) in [6.07, 6.45) is 0.281. The zero-order valence-corrected chi connectivity index (χ0v) is 15.3. The lowest BCUT2D eigenvalue weighted by Crippen LogP contribution is -2.30. The van der Waals surface area contributed by atoms with Crippen molar-refractivity contribution in [2.45, 2.75) is 37.9 Å². The summed E-state index contributed by atoms with van der Waals surface area (Å²) in [4.78, 5) is 12.7. The number of hydrogen-bond acceptors (Lipinski definition) is 7. The van der Waals surface area contributed by atoms with Crippen molar-refractivity contribution in [3.05, 3.63) is 47.5 Å². The van der Waals surface area contributed by atoms with Crippen molar-refractivity contribution in [3.63, 3.8) is 0 Å². The van der Waals surface area contributed by atoms with E-state index < -0.39 is 24.5 Å². The Kier molecular flexibility index (Phi) is 4.96. The first kappa shape index (κ1) is 18.1. The highest BCUT2D eigenvalue weighted by atomic mass is 35.5. The topological polar surface area (TPSA) is 103 Å².